The average Bonchev–Trinajstić information content (AvgIpc) is 2.04. The Morgan fingerprint density at radius 1 is 1.64 bits per heavy atom. The van der Waals surface area contributed by atoms with Crippen molar-refractivity contribution in [1.29, 1.82) is 0 Å². The third-order valence-electron chi connectivity index (χ3n) is 1.70. The molecular formula is C8H11FN2. The topological polar surface area (TPSA) is 24.9 Å². The first kappa shape index (κ1) is 8.14. The molecule has 1 aromatic heterocycles. The molecule has 0 aliphatic carbocycles. The number of nitrogens with one attached hydrogen (secondary N) is 1. The van der Waals surface area contributed by atoms with Crippen LogP contribution in [-0.2, 0) is 0 Å². The maximum Gasteiger partial charge on any atom is 0.146 e. The minimum absolute atomic E-state index is 0.0398. The molecule has 0 amide bonds. The number of hydrogen-bond donors (Lipinski definition) is 1. The Hall–Kier alpha value is -0.960. The van der Waals surface area contributed by atoms with Crippen molar-refractivity contribution in [3.05, 3.63) is 29.8 Å². The second-order valence-electron chi connectivity index (χ2n) is 2.41. The summed E-state index contributed by atoms with van der Waals surface area (Å²) in [5, 5.41) is 2.95. The van der Waals surface area contributed by atoms with Crippen LogP contribution in [0.25, 0.3) is 0 Å². The van der Waals surface area contributed by atoms with E-state index in [1.54, 1.807) is 19.3 Å². The van der Waals surface area contributed by atoms with Crippen LogP contribution in [-0.4, -0.2) is 12.0 Å². The third kappa shape index (κ3) is 1.74. The Balaban J connectivity index is 2.93. The summed E-state index contributed by atoms with van der Waals surface area (Å²) in [6.07, 6.45) is 2.81. The zero-order chi connectivity index (χ0) is 8.27. The molecule has 3 heteroatoms. The van der Waals surface area contributed by atoms with Crippen LogP contribution < -0.4 is 5.32 Å². The van der Waals surface area contributed by atoms with Crippen molar-refractivity contribution < 1.29 is 4.39 Å². The lowest BCUT2D eigenvalue weighted by molar-refractivity contribution is 0.557. The highest BCUT2D eigenvalue weighted by Crippen LogP contribution is 2.13. The first-order chi connectivity index (χ1) is 5.25. The predicted molar refractivity (Wildman–Crippen MR) is 41.7 cm³/mol. The second-order valence-corrected chi connectivity index (χ2v) is 2.41. The highest BCUT2D eigenvalue weighted by molar-refractivity contribution is 5.16. The van der Waals surface area contributed by atoms with Gasteiger partial charge in [0, 0.05) is 17.8 Å². The van der Waals surface area contributed by atoms with E-state index in [4.69, 9.17) is 0 Å². The predicted octanol–water partition coefficient (Wildman–Crippen LogP) is 1.50. The summed E-state index contributed by atoms with van der Waals surface area (Å²) < 4.78 is 12.9. The lowest BCUT2D eigenvalue weighted by Crippen LogP contribution is -2.13. The summed E-state index contributed by atoms with van der Waals surface area (Å²) in [7, 11) is 1.80. The van der Waals surface area contributed by atoms with E-state index in [9.17, 15) is 4.39 Å². The summed E-state index contributed by atoms with van der Waals surface area (Å²) in [4.78, 5) is 3.66. The number of rotatable bonds is 2. The van der Waals surface area contributed by atoms with E-state index in [1.165, 1.54) is 6.20 Å². The van der Waals surface area contributed by atoms with E-state index in [1.807, 2.05) is 6.92 Å². The molecule has 0 aliphatic heterocycles. The Morgan fingerprint density at radius 2 is 2.36 bits per heavy atom. The molecular weight excluding hydrogens is 143 g/mol. The highest BCUT2D eigenvalue weighted by Gasteiger charge is 2.06. The molecule has 0 aromatic carbocycles. The monoisotopic (exact) mass is 154 g/mol. The van der Waals surface area contributed by atoms with Crippen molar-refractivity contribution in [2.45, 2.75) is 13.0 Å². The molecule has 0 saturated heterocycles. The molecule has 2 nitrogen and oxygen atoms in total. The van der Waals surface area contributed by atoms with Crippen molar-refractivity contribution in [2.75, 3.05) is 7.05 Å². The second kappa shape index (κ2) is 3.44. The maximum absolute atomic E-state index is 12.9. The molecule has 0 fully saturated rings. The summed E-state index contributed by atoms with van der Waals surface area (Å²) in [5.74, 6) is -0.255. The van der Waals surface area contributed by atoms with Crippen LogP contribution in [0.4, 0.5) is 4.39 Å². The van der Waals surface area contributed by atoms with Crippen LogP contribution in [0.1, 0.15) is 18.5 Å². The van der Waals surface area contributed by atoms with Gasteiger partial charge in [-0.25, -0.2) is 4.39 Å². The van der Waals surface area contributed by atoms with E-state index in [2.05, 4.69) is 10.3 Å². The molecule has 0 unspecified atom stereocenters. The van der Waals surface area contributed by atoms with Crippen molar-refractivity contribution >= 4 is 0 Å². The van der Waals surface area contributed by atoms with Crippen molar-refractivity contribution in [3.63, 3.8) is 0 Å². The van der Waals surface area contributed by atoms with Gasteiger partial charge in [0.2, 0.25) is 0 Å². The molecule has 0 saturated carbocycles. The van der Waals surface area contributed by atoms with Gasteiger partial charge in [-0.1, -0.05) is 0 Å². The molecule has 1 heterocycles. The van der Waals surface area contributed by atoms with Crippen molar-refractivity contribution in [1.82, 2.24) is 10.3 Å². The Morgan fingerprint density at radius 3 is 2.91 bits per heavy atom. The molecule has 11 heavy (non-hydrogen) atoms. The van der Waals surface area contributed by atoms with Crippen molar-refractivity contribution in [2.24, 2.45) is 0 Å². The molecule has 0 aliphatic rings. The van der Waals surface area contributed by atoms with E-state index >= 15 is 0 Å². The molecule has 0 radical (unpaired) electrons. The van der Waals surface area contributed by atoms with E-state index in [0.29, 0.717) is 5.56 Å². The number of aromatic nitrogens is 1. The fourth-order valence-corrected chi connectivity index (χ4v) is 0.893. The van der Waals surface area contributed by atoms with Crippen LogP contribution in [0.5, 0.6) is 0 Å². The minimum Gasteiger partial charge on any atom is -0.313 e. The van der Waals surface area contributed by atoms with Gasteiger partial charge in [-0.3, -0.25) is 4.98 Å². The van der Waals surface area contributed by atoms with E-state index in [0.717, 1.165) is 0 Å². The SMILES string of the molecule is CN[C@H](C)c1ccncc1F. The summed E-state index contributed by atoms with van der Waals surface area (Å²) in [6, 6.07) is 1.72. The minimum atomic E-state index is -0.255. The Bertz CT molecular complexity index is 237. The lowest BCUT2D eigenvalue weighted by atomic mass is 10.1. The standard InChI is InChI=1S/C8H11FN2/c1-6(10-2)7-3-4-11-5-8(7)9/h3-6,10H,1-2H3/t6-/m1/s1. The zero-order valence-corrected chi connectivity index (χ0v) is 6.63. The normalized spacial score (nSPS) is 13.0. The average molecular weight is 154 g/mol. The molecule has 1 aromatic rings. The number of hydrogen-bond acceptors (Lipinski definition) is 2. The van der Waals surface area contributed by atoms with Gasteiger partial charge in [0.05, 0.1) is 6.20 Å². The first-order valence-electron chi connectivity index (χ1n) is 3.52. The number of halogens is 1. The molecule has 1 atom stereocenters. The number of nitrogens with zero attached hydrogens (tertiary/aromatic N) is 1. The van der Waals surface area contributed by atoms with Gasteiger partial charge in [-0.2, -0.15) is 0 Å². The van der Waals surface area contributed by atoms with Gasteiger partial charge in [0.1, 0.15) is 5.82 Å². The first-order valence-corrected chi connectivity index (χ1v) is 3.52. The fourth-order valence-electron chi connectivity index (χ4n) is 0.893. The van der Waals surface area contributed by atoms with Crippen LogP contribution in [0, 0.1) is 5.82 Å². The van der Waals surface area contributed by atoms with Gasteiger partial charge in [0.25, 0.3) is 0 Å². The summed E-state index contributed by atoms with van der Waals surface area (Å²) in [5.41, 5.74) is 0.655. The smallest absolute Gasteiger partial charge is 0.146 e. The zero-order valence-electron chi connectivity index (χ0n) is 6.63. The summed E-state index contributed by atoms with van der Waals surface area (Å²) >= 11 is 0. The highest BCUT2D eigenvalue weighted by atomic mass is 19.1. The van der Waals surface area contributed by atoms with Crippen LogP contribution in [0.2, 0.25) is 0 Å². The molecule has 0 spiro atoms. The molecule has 1 N–H and O–H groups in total. The van der Waals surface area contributed by atoms with Gasteiger partial charge >= 0.3 is 0 Å². The van der Waals surface area contributed by atoms with Gasteiger partial charge in [-0.05, 0) is 20.0 Å². The third-order valence-corrected chi connectivity index (χ3v) is 1.70. The summed E-state index contributed by atoms with van der Waals surface area (Å²) in [6.45, 7) is 1.90. The molecule has 0 bridgehead atoms. The Labute approximate surface area is 65.5 Å². The van der Waals surface area contributed by atoms with Crippen LogP contribution in [0.15, 0.2) is 18.5 Å². The van der Waals surface area contributed by atoms with Gasteiger partial charge in [0.15, 0.2) is 0 Å². The van der Waals surface area contributed by atoms with Crippen LogP contribution >= 0.6 is 0 Å². The fraction of sp³-hybridized carbons (Fsp3) is 0.375. The molecule has 1 rings (SSSR count). The number of pyridine rings is 1. The largest absolute Gasteiger partial charge is 0.313 e. The van der Waals surface area contributed by atoms with Gasteiger partial charge < -0.3 is 5.32 Å². The Kier molecular flexibility index (Phi) is 2.54. The van der Waals surface area contributed by atoms with E-state index < -0.39 is 0 Å². The molecule has 60 valence electrons. The van der Waals surface area contributed by atoms with Crippen molar-refractivity contribution in [3.8, 4) is 0 Å². The van der Waals surface area contributed by atoms with Crippen LogP contribution in [0.3, 0.4) is 0 Å². The van der Waals surface area contributed by atoms with Gasteiger partial charge in [-0.15, -0.1) is 0 Å². The van der Waals surface area contributed by atoms with E-state index in [-0.39, 0.29) is 11.9 Å². The quantitative estimate of drug-likeness (QED) is 0.698. The lowest BCUT2D eigenvalue weighted by Gasteiger charge is -2.09. The maximum atomic E-state index is 12.9.